The van der Waals surface area contributed by atoms with Gasteiger partial charge in [0.15, 0.2) is 0 Å². The van der Waals surface area contributed by atoms with Crippen LogP contribution in [-0.2, 0) is 4.79 Å². The van der Waals surface area contributed by atoms with Crippen LogP contribution in [0.2, 0.25) is 5.02 Å². The van der Waals surface area contributed by atoms with Crippen LogP contribution in [0.15, 0.2) is 64.4 Å². The van der Waals surface area contributed by atoms with Gasteiger partial charge in [0.05, 0.1) is 0 Å². The van der Waals surface area contributed by atoms with E-state index in [1.165, 1.54) is 6.08 Å². The molecule has 0 aliphatic carbocycles. The lowest BCUT2D eigenvalue weighted by Gasteiger charge is -2.09. The highest BCUT2D eigenvalue weighted by Crippen LogP contribution is 2.34. The normalized spacial score (nSPS) is 11.4. The number of carboxylic acid groups (broad SMARTS) is 1. The highest BCUT2D eigenvalue weighted by Gasteiger charge is 2.07. The molecule has 1 N–H and O–H groups in total. The zero-order chi connectivity index (χ0) is 14.5. The van der Waals surface area contributed by atoms with Crippen LogP contribution in [0.3, 0.4) is 0 Å². The summed E-state index contributed by atoms with van der Waals surface area (Å²) in [5, 5.41) is 9.56. The third-order valence-electron chi connectivity index (χ3n) is 2.69. The minimum atomic E-state index is -0.936. The summed E-state index contributed by atoms with van der Waals surface area (Å²) in [5.74, 6) is -0.936. The van der Waals surface area contributed by atoms with E-state index in [-0.39, 0.29) is 0 Å². The van der Waals surface area contributed by atoms with Crippen molar-refractivity contribution in [3.63, 3.8) is 0 Å². The summed E-state index contributed by atoms with van der Waals surface area (Å²) in [6.07, 6.45) is 1.22. The lowest BCUT2D eigenvalue weighted by Crippen LogP contribution is -1.91. The van der Waals surface area contributed by atoms with Gasteiger partial charge in [-0.25, -0.2) is 4.79 Å². The number of rotatable bonds is 4. The van der Waals surface area contributed by atoms with Crippen LogP contribution >= 0.6 is 23.4 Å². The Bertz CT molecular complexity index is 648. The molecule has 0 fully saturated rings. The second-order valence-corrected chi connectivity index (χ2v) is 5.77. The van der Waals surface area contributed by atoms with Crippen molar-refractivity contribution in [2.45, 2.75) is 16.7 Å². The highest BCUT2D eigenvalue weighted by molar-refractivity contribution is 7.99. The molecule has 0 bridgehead atoms. The predicted molar refractivity (Wildman–Crippen MR) is 83.3 cm³/mol. The molecule has 2 aromatic carbocycles. The fraction of sp³-hybridized carbons (Fsp3) is 0.0625. The molecule has 0 unspecified atom stereocenters. The molecule has 0 aliphatic heterocycles. The van der Waals surface area contributed by atoms with E-state index >= 15 is 0 Å². The molecule has 0 atom stereocenters. The van der Waals surface area contributed by atoms with Gasteiger partial charge in [0, 0.05) is 20.9 Å². The first kappa shape index (κ1) is 14.7. The molecule has 0 aliphatic rings. The first-order valence-corrected chi connectivity index (χ1v) is 7.20. The van der Waals surface area contributed by atoms with E-state index in [2.05, 4.69) is 0 Å². The molecule has 0 amide bonds. The predicted octanol–water partition coefficient (Wildman–Crippen LogP) is 4.98. The molecule has 20 heavy (non-hydrogen) atoms. The smallest absolute Gasteiger partial charge is 0.328 e. The van der Waals surface area contributed by atoms with Gasteiger partial charge < -0.3 is 5.11 Å². The molecular weight excluding hydrogens is 292 g/mol. The van der Waals surface area contributed by atoms with E-state index in [9.17, 15) is 4.79 Å². The highest BCUT2D eigenvalue weighted by atomic mass is 35.5. The van der Waals surface area contributed by atoms with E-state index in [1.807, 2.05) is 48.5 Å². The van der Waals surface area contributed by atoms with Gasteiger partial charge in [0.25, 0.3) is 0 Å². The summed E-state index contributed by atoms with van der Waals surface area (Å²) >= 11 is 7.46. The second kappa shape index (κ2) is 6.64. The maximum Gasteiger partial charge on any atom is 0.328 e. The van der Waals surface area contributed by atoms with Crippen LogP contribution in [0.5, 0.6) is 0 Å². The number of halogens is 1. The quantitative estimate of drug-likeness (QED) is 0.809. The number of hydrogen-bond donors (Lipinski definition) is 1. The van der Waals surface area contributed by atoms with Crippen molar-refractivity contribution < 1.29 is 9.90 Å². The number of carbonyl (C=O) groups is 1. The van der Waals surface area contributed by atoms with Crippen molar-refractivity contribution >= 4 is 34.9 Å². The van der Waals surface area contributed by atoms with Crippen LogP contribution < -0.4 is 0 Å². The molecule has 0 spiro atoms. The molecule has 0 aromatic heterocycles. The summed E-state index contributed by atoms with van der Waals surface area (Å²) in [7, 11) is 0. The molecule has 2 aromatic rings. The van der Waals surface area contributed by atoms with Crippen molar-refractivity contribution in [2.24, 2.45) is 0 Å². The SMILES string of the molecule is C/C(=C/C(=O)O)c1ccccc1Sc1ccc(Cl)cc1. The van der Waals surface area contributed by atoms with Gasteiger partial charge in [-0.3, -0.25) is 0 Å². The number of benzene rings is 2. The van der Waals surface area contributed by atoms with E-state index in [0.29, 0.717) is 5.02 Å². The Morgan fingerprint density at radius 3 is 2.45 bits per heavy atom. The topological polar surface area (TPSA) is 37.3 Å². The van der Waals surface area contributed by atoms with Crippen LogP contribution in [-0.4, -0.2) is 11.1 Å². The molecule has 2 rings (SSSR count). The first-order chi connectivity index (χ1) is 9.56. The fourth-order valence-electron chi connectivity index (χ4n) is 1.77. The molecule has 0 heterocycles. The third-order valence-corrected chi connectivity index (χ3v) is 4.03. The fourth-order valence-corrected chi connectivity index (χ4v) is 2.91. The van der Waals surface area contributed by atoms with Crippen LogP contribution in [0.4, 0.5) is 0 Å². The van der Waals surface area contributed by atoms with Crippen molar-refractivity contribution in [1.29, 1.82) is 0 Å². The van der Waals surface area contributed by atoms with Gasteiger partial charge in [-0.15, -0.1) is 0 Å². The lowest BCUT2D eigenvalue weighted by molar-refractivity contribution is -0.131. The van der Waals surface area contributed by atoms with Gasteiger partial charge in [-0.05, 0) is 48.4 Å². The van der Waals surface area contributed by atoms with Gasteiger partial charge in [0.2, 0.25) is 0 Å². The van der Waals surface area contributed by atoms with E-state index < -0.39 is 5.97 Å². The first-order valence-electron chi connectivity index (χ1n) is 6.00. The number of allylic oxidation sites excluding steroid dienone is 1. The zero-order valence-corrected chi connectivity index (χ0v) is 12.4. The molecule has 102 valence electrons. The van der Waals surface area contributed by atoms with Gasteiger partial charge >= 0.3 is 5.97 Å². The Morgan fingerprint density at radius 2 is 1.80 bits per heavy atom. The largest absolute Gasteiger partial charge is 0.478 e. The van der Waals surface area contributed by atoms with E-state index in [0.717, 1.165) is 20.9 Å². The van der Waals surface area contributed by atoms with Crippen molar-refractivity contribution in [3.8, 4) is 0 Å². The maximum atomic E-state index is 10.8. The summed E-state index contributed by atoms with van der Waals surface area (Å²) < 4.78 is 0. The average molecular weight is 305 g/mol. The van der Waals surface area contributed by atoms with Crippen LogP contribution in [0.1, 0.15) is 12.5 Å². The minimum Gasteiger partial charge on any atom is -0.478 e. The van der Waals surface area contributed by atoms with E-state index in [1.54, 1.807) is 18.7 Å². The van der Waals surface area contributed by atoms with E-state index in [4.69, 9.17) is 16.7 Å². The van der Waals surface area contributed by atoms with Crippen LogP contribution in [0.25, 0.3) is 5.57 Å². The number of carboxylic acids is 1. The third kappa shape index (κ3) is 3.89. The molecule has 0 saturated carbocycles. The molecular formula is C16H13ClO2S. The van der Waals surface area contributed by atoms with Crippen LogP contribution in [0, 0.1) is 0 Å². The van der Waals surface area contributed by atoms with Crippen molar-refractivity contribution in [1.82, 2.24) is 0 Å². The molecule has 4 heteroatoms. The van der Waals surface area contributed by atoms with Gasteiger partial charge in [0.1, 0.15) is 0 Å². The van der Waals surface area contributed by atoms with Gasteiger partial charge in [-0.2, -0.15) is 0 Å². The zero-order valence-electron chi connectivity index (χ0n) is 10.8. The second-order valence-electron chi connectivity index (χ2n) is 4.22. The Hall–Kier alpha value is -1.71. The van der Waals surface area contributed by atoms with Crippen molar-refractivity contribution in [2.75, 3.05) is 0 Å². The molecule has 2 nitrogen and oxygen atoms in total. The lowest BCUT2D eigenvalue weighted by atomic mass is 10.1. The Morgan fingerprint density at radius 1 is 1.15 bits per heavy atom. The summed E-state index contributed by atoms with van der Waals surface area (Å²) in [4.78, 5) is 12.9. The summed E-state index contributed by atoms with van der Waals surface area (Å²) in [6.45, 7) is 1.80. The molecule has 0 radical (unpaired) electrons. The standard InChI is InChI=1S/C16H13ClO2S/c1-11(10-16(18)19)14-4-2-3-5-15(14)20-13-8-6-12(17)7-9-13/h2-10H,1H3,(H,18,19)/b11-10-. The molecule has 0 saturated heterocycles. The number of hydrogen-bond acceptors (Lipinski definition) is 2. The Labute approximate surface area is 127 Å². The average Bonchev–Trinajstić information content (AvgIpc) is 2.41. The monoisotopic (exact) mass is 304 g/mol. The minimum absolute atomic E-state index is 0.699. The summed E-state index contributed by atoms with van der Waals surface area (Å²) in [6, 6.07) is 15.3. The van der Waals surface area contributed by atoms with Gasteiger partial charge in [-0.1, -0.05) is 41.6 Å². The number of aliphatic carboxylic acids is 1. The maximum absolute atomic E-state index is 10.8. The summed E-state index contributed by atoms with van der Waals surface area (Å²) in [5.41, 5.74) is 1.66. The van der Waals surface area contributed by atoms with Crippen molar-refractivity contribution in [3.05, 3.63) is 65.2 Å². The Balaban J connectivity index is 2.33. The Kier molecular flexibility index (Phi) is 4.88.